The lowest BCUT2D eigenvalue weighted by molar-refractivity contribution is 0.666. The van der Waals surface area contributed by atoms with Gasteiger partial charge >= 0.3 is 0 Å². The first kappa shape index (κ1) is 30.5. The molecule has 11 aromatic rings. The first-order valence-corrected chi connectivity index (χ1v) is 20.3. The van der Waals surface area contributed by atoms with Crippen molar-refractivity contribution >= 4 is 84.8 Å². The van der Waals surface area contributed by atoms with E-state index < -0.39 is 0 Å². The summed E-state index contributed by atoms with van der Waals surface area (Å²) < 4.78 is 7.89. The van der Waals surface area contributed by atoms with Gasteiger partial charge in [0.15, 0.2) is 0 Å². The lowest BCUT2D eigenvalue weighted by atomic mass is 9.80. The molecule has 1 aliphatic carbocycles. The normalized spacial score (nSPS) is 13.5. The molecule has 0 saturated heterocycles. The largest absolute Gasteiger partial charge is 0.309 e. The third kappa shape index (κ3) is 4.20. The first-order chi connectivity index (χ1) is 26.5. The van der Waals surface area contributed by atoms with E-state index in [0.717, 1.165) is 0 Å². The summed E-state index contributed by atoms with van der Waals surface area (Å²) in [5.41, 5.74) is 14.0. The summed E-state index contributed by atoms with van der Waals surface area (Å²) >= 11 is 3.78. The van der Waals surface area contributed by atoms with E-state index in [0.29, 0.717) is 0 Å². The number of thiophene rings is 2. The van der Waals surface area contributed by atoms with Crippen molar-refractivity contribution in [2.24, 2.45) is 0 Å². The highest BCUT2D eigenvalue weighted by molar-refractivity contribution is 7.26. The Morgan fingerprint density at radius 2 is 0.963 bits per heavy atom. The monoisotopic (exact) mass is 723 g/mol. The van der Waals surface area contributed by atoms with E-state index in [4.69, 9.17) is 0 Å². The van der Waals surface area contributed by atoms with Crippen molar-refractivity contribution in [3.63, 3.8) is 0 Å². The van der Waals surface area contributed by atoms with E-state index >= 15 is 0 Å². The van der Waals surface area contributed by atoms with Gasteiger partial charge in [0, 0.05) is 62.2 Å². The second-order valence-electron chi connectivity index (χ2n) is 15.3. The predicted molar refractivity (Wildman–Crippen MR) is 235 cm³/mol. The second-order valence-corrected chi connectivity index (χ2v) is 17.5. The van der Waals surface area contributed by atoms with Gasteiger partial charge in [-0.15, -0.1) is 22.7 Å². The Labute approximate surface area is 321 Å². The molecule has 3 heteroatoms. The Balaban J connectivity index is 1.07. The molecule has 3 aromatic heterocycles. The van der Waals surface area contributed by atoms with Gasteiger partial charge in [0.25, 0.3) is 0 Å². The first-order valence-electron chi connectivity index (χ1n) is 18.7. The van der Waals surface area contributed by atoms with Gasteiger partial charge in [-0.3, -0.25) is 0 Å². The average Bonchev–Trinajstić information content (AvgIpc) is 3.94. The molecule has 0 N–H and O–H groups in total. The Kier molecular flexibility index (Phi) is 6.22. The molecule has 12 rings (SSSR count). The zero-order chi connectivity index (χ0) is 35.7. The summed E-state index contributed by atoms with van der Waals surface area (Å²) in [5, 5.41) is 7.99. The summed E-state index contributed by atoms with van der Waals surface area (Å²) in [7, 11) is 0. The summed E-state index contributed by atoms with van der Waals surface area (Å²) in [6.07, 6.45) is 0. The zero-order valence-electron chi connectivity index (χ0n) is 29.9. The average molecular weight is 724 g/mol. The Hall–Kier alpha value is -6.00. The van der Waals surface area contributed by atoms with Crippen LogP contribution in [-0.4, -0.2) is 4.57 Å². The molecule has 0 radical (unpaired) electrons. The molecule has 0 spiro atoms. The zero-order valence-corrected chi connectivity index (χ0v) is 31.5. The molecular weight excluding hydrogens is 691 g/mol. The van der Waals surface area contributed by atoms with Crippen LogP contribution < -0.4 is 0 Å². The van der Waals surface area contributed by atoms with E-state index in [1.165, 1.54) is 112 Å². The maximum atomic E-state index is 2.49. The number of hydrogen-bond donors (Lipinski definition) is 0. The number of hydrogen-bond acceptors (Lipinski definition) is 2. The Morgan fingerprint density at radius 1 is 0.407 bits per heavy atom. The number of nitrogens with zero attached hydrogens (tertiary/aromatic N) is 1. The third-order valence-corrected chi connectivity index (χ3v) is 14.3. The van der Waals surface area contributed by atoms with Gasteiger partial charge in [-0.1, -0.05) is 111 Å². The summed E-state index contributed by atoms with van der Waals surface area (Å²) in [6.45, 7) is 4.84. The lowest BCUT2D eigenvalue weighted by Gasteiger charge is -2.23. The topological polar surface area (TPSA) is 4.93 Å². The highest BCUT2D eigenvalue weighted by atomic mass is 32.1. The molecule has 8 aromatic carbocycles. The summed E-state index contributed by atoms with van der Waals surface area (Å²) in [5.74, 6) is 0. The minimum atomic E-state index is -0.152. The summed E-state index contributed by atoms with van der Waals surface area (Å²) in [6, 6.07) is 61.4. The minimum Gasteiger partial charge on any atom is -0.309 e. The molecule has 0 amide bonds. The van der Waals surface area contributed by atoms with Gasteiger partial charge in [0.2, 0.25) is 0 Å². The standard InChI is InChI=1S/C51H33NS2/c1-51(2)42-29-34(19-20-35(42)37-21-25-48-49(50(37)51)38-13-7-9-15-46(38)54-48)52-43-22-16-31(30-10-4-3-5-11-30)26-39(43)40-27-32(17-23-44(40)52)33-18-24-47-41(28-33)36-12-6-8-14-45(36)53-47/h3-29H,1-2H3. The predicted octanol–water partition coefficient (Wildman–Crippen LogP) is 15.2. The van der Waals surface area contributed by atoms with Crippen molar-refractivity contribution in [1.29, 1.82) is 0 Å². The van der Waals surface area contributed by atoms with Gasteiger partial charge in [0.05, 0.1) is 11.0 Å². The van der Waals surface area contributed by atoms with Crippen LogP contribution in [-0.2, 0) is 5.41 Å². The second kappa shape index (κ2) is 11.0. The van der Waals surface area contributed by atoms with E-state index in [1.54, 1.807) is 0 Å². The fourth-order valence-electron chi connectivity index (χ4n) is 9.45. The molecule has 0 saturated carbocycles. The molecule has 0 atom stereocenters. The molecule has 0 unspecified atom stereocenters. The van der Waals surface area contributed by atoms with Gasteiger partial charge in [-0.2, -0.15) is 0 Å². The van der Waals surface area contributed by atoms with Crippen LogP contribution in [0.5, 0.6) is 0 Å². The number of rotatable bonds is 3. The van der Waals surface area contributed by atoms with Gasteiger partial charge in [-0.25, -0.2) is 0 Å². The fraction of sp³-hybridized carbons (Fsp3) is 0.0588. The minimum absolute atomic E-state index is 0.152. The smallest absolute Gasteiger partial charge is 0.0541 e. The highest BCUT2D eigenvalue weighted by Gasteiger charge is 2.38. The van der Waals surface area contributed by atoms with Crippen LogP contribution in [0.4, 0.5) is 0 Å². The van der Waals surface area contributed by atoms with Crippen LogP contribution in [0.1, 0.15) is 25.0 Å². The molecule has 3 heterocycles. The molecule has 0 bridgehead atoms. The van der Waals surface area contributed by atoms with Gasteiger partial charge in [0.1, 0.15) is 0 Å². The molecule has 1 aliphatic rings. The maximum Gasteiger partial charge on any atom is 0.0541 e. The summed E-state index contributed by atoms with van der Waals surface area (Å²) in [4.78, 5) is 0. The van der Waals surface area contributed by atoms with Crippen LogP contribution in [0.15, 0.2) is 164 Å². The van der Waals surface area contributed by atoms with Crippen LogP contribution in [0.2, 0.25) is 0 Å². The molecular formula is C51H33NS2. The van der Waals surface area contributed by atoms with E-state index in [2.05, 4.69) is 182 Å². The maximum absolute atomic E-state index is 2.49. The van der Waals surface area contributed by atoms with Crippen LogP contribution in [0, 0.1) is 0 Å². The van der Waals surface area contributed by atoms with E-state index in [-0.39, 0.29) is 5.41 Å². The van der Waals surface area contributed by atoms with Crippen LogP contribution in [0.25, 0.3) is 101 Å². The van der Waals surface area contributed by atoms with Crippen molar-refractivity contribution in [2.75, 3.05) is 0 Å². The van der Waals surface area contributed by atoms with Crippen LogP contribution >= 0.6 is 22.7 Å². The SMILES string of the molecule is CC1(C)c2cc(-n3c4ccc(-c5ccccc5)cc4c4cc(-c5ccc6sc7ccccc7c6c5)ccc43)ccc2-c2ccc3sc4ccccc4c3c21. The quantitative estimate of drug-likeness (QED) is 0.171. The van der Waals surface area contributed by atoms with E-state index in [1.807, 2.05) is 22.7 Å². The van der Waals surface area contributed by atoms with Crippen molar-refractivity contribution in [3.05, 3.63) is 175 Å². The molecule has 54 heavy (non-hydrogen) atoms. The van der Waals surface area contributed by atoms with Crippen molar-refractivity contribution in [2.45, 2.75) is 19.3 Å². The fourth-order valence-corrected chi connectivity index (χ4v) is 11.6. The lowest BCUT2D eigenvalue weighted by Crippen LogP contribution is -2.15. The third-order valence-electron chi connectivity index (χ3n) is 12.0. The molecule has 0 aliphatic heterocycles. The Bertz CT molecular complexity index is 3350. The highest BCUT2D eigenvalue weighted by Crippen LogP contribution is 2.54. The van der Waals surface area contributed by atoms with Crippen molar-refractivity contribution in [3.8, 4) is 39.1 Å². The van der Waals surface area contributed by atoms with Gasteiger partial charge < -0.3 is 4.57 Å². The molecule has 1 nitrogen and oxygen atoms in total. The molecule has 254 valence electrons. The van der Waals surface area contributed by atoms with Crippen molar-refractivity contribution < 1.29 is 0 Å². The van der Waals surface area contributed by atoms with E-state index in [9.17, 15) is 0 Å². The van der Waals surface area contributed by atoms with Crippen LogP contribution in [0.3, 0.4) is 0 Å². The van der Waals surface area contributed by atoms with Gasteiger partial charge in [-0.05, 0) is 111 Å². The Morgan fingerprint density at radius 3 is 1.72 bits per heavy atom. The van der Waals surface area contributed by atoms with Crippen molar-refractivity contribution in [1.82, 2.24) is 4.57 Å². The number of benzene rings is 8. The number of aromatic nitrogens is 1. The molecule has 0 fully saturated rings. The number of fused-ring (bicyclic) bond motifs is 13.